The number of hydrogen-bond acceptors (Lipinski definition) is 4. The van der Waals surface area contributed by atoms with Crippen LogP contribution in [0.4, 0.5) is 0 Å². The fourth-order valence-corrected chi connectivity index (χ4v) is 3.21. The first kappa shape index (κ1) is 13.0. The van der Waals surface area contributed by atoms with E-state index in [1.54, 1.807) is 0 Å². The van der Waals surface area contributed by atoms with Gasteiger partial charge in [-0.3, -0.25) is 4.98 Å². The number of nitrogens with zero attached hydrogens (tertiary/aromatic N) is 1. The van der Waals surface area contributed by atoms with Crippen LogP contribution in [0.5, 0.6) is 0 Å². The maximum absolute atomic E-state index is 5.95. The van der Waals surface area contributed by atoms with Crippen LogP contribution >= 0.6 is 0 Å². The highest BCUT2D eigenvalue weighted by Crippen LogP contribution is 2.38. The molecule has 0 radical (unpaired) electrons. The van der Waals surface area contributed by atoms with Gasteiger partial charge >= 0.3 is 0 Å². The van der Waals surface area contributed by atoms with E-state index in [-0.39, 0.29) is 5.41 Å². The smallest absolute Gasteiger partial charge is 0.0888 e. The molecule has 0 spiro atoms. The first-order chi connectivity index (χ1) is 9.39. The lowest BCUT2D eigenvalue weighted by Gasteiger charge is -2.47. The summed E-state index contributed by atoms with van der Waals surface area (Å²) in [5.41, 5.74) is 1.17. The summed E-state index contributed by atoms with van der Waals surface area (Å²) in [6.07, 6.45) is 5.63. The number of rotatable bonds is 4. The molecular weight excluding hydrogens is 240 g/mol. The van der Waals surface area contributed by atoms with E-state index >= 15 is 0 Å². The van der Waals surface area contributed by atoms with Gasteiger partial charge in [-0.15, -0.1) is 0 Å². The van der Waals surface area contributed by atoms with Crippen LogP contribution in [-0.4, -0.2) is 37.4 Å². The van der Waals surface area contributed by atoms with Crippen molar-refractivity contribution >= 4 is 0 Å². The minimum Gasteiger partial charge on any atom is -0.377 e. The Morgan fingerprint density at radius 1 is 1.47 bits per heavy atom. The zero-order valence-electron chi connectivity index (χ0n) is 11.3. The molecule has 2 atom stereocenters. The number of ether oxygens (including phenoxy) is 2. The highest BCUT2D eigenvalue weighted by molar-refractivity contribution is 5.02. The normalized spacial score (nSPS) is 30.8. The van der Waals surface area contributed by atoms with Gasteiger partial charge in [0.2, 0.25) is 0 Å². The van der Waals surface area contributed by atoms with Gasteiger partial charge in [-0.05, 0) is 37.9 Å². The molecule has 0 aromatic carbocycles. The van der Waals surface area contributed by atoms with Crippen molar-refractivity contribution in [3.63, 3.8) is 0 Å². The second-order valence-electron chi connectivity index (χ2n) is 5.60. The van der Waals surface area contributed by atoms with Crippen molar-refractivity contribution in [1.29, 1.82) is 0 Å². The monoisotopic (exact) mass is 262 g/mol. The van der Waals surface area contributed by atoms with Crippen LogP contribution in [0, 0.1) is 5.41 Å². The summed E-state index contributed by atoms with van der Waals surface area (Å²) in [6.45, 7) is 4.34. The lowest BCUT2D eigenvalue weighted by Crippen LogP contribution is -2.55. The summed E-state index contributed by atoms with van der Waals surface area (Å²) < 4.78 is 11.9. The molecule has 2 aliphatic rings. The summed E-state index contributed by atoms with van der Waals surface area (Å²) in [4.78, 5) is 4.29. The lowest BCUT2D eigenvalue weighted by atomic mass is 9.73. The van der Waals surface area contributed by atoms with E-state index in [9.17, 15) is 0 Å². The van der Waals surface area contributed by atoms with Crippen molar-refractivity contribution in [3.05, 3.63) is 30.1 Å². The molecule has 3 heterocycles. The van der Waals surface area contributed by atoms with Crippen molar-refractivity contribution in [2.75, 3.05) is 26.3 Å². The molecule has 3 rings (SSSR count). The van der Waals surface area contributed by atoms with Gasteiger partial charge in [0.25, 0.3) is 0 Å². The SMILES string of the molecule is c1ccc(COC[C@@]23CCCO[C@H]2CCNC3)nc1. The Kier molecular flexibility index (Phi) is 4.11. The molecular formula is C15H22N2O2. The predicted molar refractivity (Wildman–Crippen MR) is 72.8 cm³/mol. The molecule has 0 saturated carbocycles. The maximum atomic E-state index is 5.95. The molecule has 4 nitrogen and oxygen atoms in total. The van der Waals surface area contributed by atoms with E-state index in [0.29, 0.717) is 12.7 Å². The second kappa shape index (κ2) is 5.99. The van der Waals surface area contributed by atoms with Gasteiger partial charge in [0, 0.05) is 24.8 Å². The van der Waals surface area contributed by atoms with Crippen LogP contribution in [0.15, 0.2) is 24.4 Å². The Balaban J connectivity index is 1.57. The minimum absolute atomic E-state index is 0.172. The van der Waals surface area contributed by atoms with Gasteiger partial charge in [-0.1, -0.05) is 6.07 Å². The lowest BCUT2D eigenvalue weighted by molar-refractivity contribution is -0.132. The third-order valence-electron chi connectivity index (χ3n) is 4.25. The molecule has 1 N–H and O–H groups in total. The molecule has 104 valence electrons. The Morgan fingerprint density at radius 3 is 3.37 bits per heavy atom. The first-order valence-corrected chi connectivity index (χ1v) is 7.19. The molecule has 4 heteroatoms. The summed E-state index contributed by atoms with van der Waals surface area (Å²) in [5.74, 6) is 0. The summed E-state index contributed by atoms with van der Waals surface area (Å²) in [5, 5.41) is 3.50. The second-order valence-corrected chi connectivity index (χ2v) is 5.60. The number of piperidine rings is 1. The number of aromatic nitrogens is 1. The average Bonchev–Trinajstić information content (AvgIpc) is 2.48. The maximum Gasteiger partial charge on any atom is 0.0888 e. The van der Waals surface area contributed by atoms with Gasteiger partial charge in [0.05, 0.1) is 25.0 Å². The number of pyridine rings is 1. The topological polar surface area (TPSA) is 43.4 Å². The largest absolute Gasteiger partial charge is 0.377 e. The van der Waals surface area contributed by atoms with Crippen molar-refractivity contribution in [3.8, 4) is 0 Å². The van der Waals surface area contributed by atoms with E-state index in [1.165, 1.54) is 6.42 Å². The number of fused-ring (bicyclic) bond motifs is 1. The van der Waals surface area contributed by atoms with Crippen LogP contribution < -0.4 is 5.32 Å². The molecule has 0 amide bonds. The molecule has 1 aromatic heterocycles. The van der Waals surface area contributed by atoms with Crippen LogP contribution in [0.2, 0.25) is 0 Å². The van der Waals surface area contributed by atoms with Gasteiger partial charge in [-0.2, -0.15) is 0 Å². The molecule has 0 bridgehead atoms. The highest BCUT2D eigenvalue weighted by Gasteiger charge is 2.43. The standard InChI is InChI=1S/C15H22N2O2/c1-2-7-17-13(4-1)10-18-12-15-6-3-9-19-14(15)5-8-16-11-15/h1-2,4,7,14,16H,3,5-6,8-12H2/t14-,15-/m0/s1. The number of hydrogen-bond donors (Lipinski definition) is 1. The minimum atomic E-state index is 0.172. The predicted octanol–water partition coefficient (Wildman–Crippen LogP) is 1.76. The van der Waals surface area contributed by atoms with Crippen molar-refractivity contribution in [2.24, 2.45) is 5.41 Å². The van der Waals surface area contributed by atoms with Crippen LogP contribution in [0.25, 0.3) is 0 Å². The van der Waals surface area contributed by atoms with E-state index in [1.807, 2.05) is 24.4 Å². The molecule has 2 fully saturated rings. The van der Waals surface area contributed by atoms with Gasteiger partial charge in [-0.25, -0.2) is 0 Å². The Bertz CT molecular complexity index is 384. The quantitative estimate of drug-likeness (QED) is 0.898. The van der Waals surface area contributed by atoms with E-state index in [2.05, 4.69) is 10.3 Å². The summed E-state index contributed by atoms with van der Waals surface area (Å²) >= 11 is 0. The Hall–Kier alpha value is -0.970. The Labute approximate surface area is 114 Å². The van der Waals surface area contributed by atoms with E-state index in [0.717, 1.165) is 44.8 Å². The highest BCUT2D eigenvalue weighted by atomic mass is 16.5. The van der Waals surface area contributed by atoms with Gasteiger partial charge < -0.3 is 14.8 Å². The van der Waals surface area contributed by atoms with Crippen LogP contribution in [-0.2, 0) is 16.1 Å². The van der Waals surface area contributed by atoms with Gasteiger partial charge in [0.15, 0.2) is 0 Å². The average molecular weight is 262 g/mol. The molecule has 0 unspecified atom stereocenters. The van der Waals surface area contributed by atoms with Crippen LogP contribution in [0.1, 0.15) is 25.0 Å². The van der Waals surface area contributed by atoms with E-state index < -0.39 is 0 Å². The van der Waals surface area contributed by atoms with Crippen LogP contribution in [0.3, 0.4) is 0 Å². The molecule has 2 aliphatic heterocycles. The third-order valence-corrected chi connectivity index (χ3v) is 4.25. The zero-order chi connectivity index (χ0) is 13.0. The van der Waals surface area contributed by atoms with E-state index in [4.69, 9.17) is 9.47 Å². The van der Waals surface area contributed by atoms with Crippen molar-refractivity contribution in [2.45, 2.75) is 32.0 Å². The third kappa shape index (κ3) is 2.96. The Morgan fingerprint density at radius 2 is 2.47 bits per heavy atom. The summed E-state index contributed by atoms with van der Waals surface area (Å²) in [6, 6.07) is 5.93. The number of nitrogens with one attached hydrogen (secondary N) is 1. The fourth-order valence-electron chi connectivity index (χ4n) is 3.21. The fraction of sp³-hybridized carbons (Fsp3) is 0.667. The summed E-state index contributed by atoms with van der Waals surface area (Å²) in [7, 11) is 0. The molecule has 1 aromatic rings. The molecule has 19 heavy (non-hydrogen) atoms. The molecule has 0 aliphatic carbocycles. The molecule has 2 saturated heterocycles. The van der Waals surface area contributed by atoms with Crippen molar-refractivity contribution < 1.29 is 9.47 Å². The van der Waals surface area contributed by atoms with Crippen molar-refractivity contribution in [1.82, 2.24) is 10.3 Å². The first-order valence-electron chi connectivity index (χ1n) is 7.19. The van der Waals surface area contributed by atoms with Gasteiger partial charge in [0.1, 0.15) is 0 Å². The zero-order valence-corrected chi connectivity index (χ0v) is 11.3.